The Balaban J connectivity index is 3.34. The number of amides is 1. The molecule has 0 fully saturated rings. The zero-order chi connectivity index (χ0) is 22.4. The fraction of sp³-hybridized carbons (Fsp3) is 0.500. The second-order valence-electron chi connectivity index (χ2n) is 5.99. The minimum atomic E-state index is -5.00. The average molecular weight is 455 g/mol. The molecule has 0 aliphatic rings. The van der Waals surface area contributed by atoms with Crippen molar-refractivity contribution >= 4 is 37.4 Å². The lowest BCUT2D eigenvalue weighted by molar-refractivity contribution is -0.387. The van der Waals surface area contributed by atoms with E-state index in [2.05, 4.69) is 0 Å². The highest BCUT2D eigenvalue weighted by Gasteiger charge is 2.38. The molecule has 1 aromatic carbocycles. The topological polar surface area (TPSA) is 204 Å². The number of nitro benzene ring substituents is 1. The van der Waals surface area contributed by atoms with E-state index in [0.717, 1.165) is 12.8 Å². The lowest BCUT2D eigenvalue weighted by Gasteiger charge is -2.23. The van der Waals surface area contributed by atoms with Crippen molar-refractivity contribution in [1.82, 2.24) is 5.48 Å². The minimum Gasteiger partial charge on any atom is -0.289 e. The first-order valence-corrected chi connectivity index (χ1v) is 11.2. The molecule has 1 amide bonds. The summed E-state index contributed by atoms with van der Waals surface area (Å²) in [6, 6.07) is 1.63. The van der Waals surface area contributed by atoms with Crippen LogP contribution in [0.5, 0.6) is 0 Å². The maximum absolute atomic E-state index is 12.6. The molecule has 15 heteroatoms. The summed E-state index contributed by atoms with van der Waals surface area (Å²) in [4.78, 5) is 20.6. The molecule has 1 unspecified atom stereocenters. The van der Waals surface area contributed by atoms with Crippen LogP contribution in [0.4, 0.5) is 11.4 Å². The Labute approximate surface area is 166 Å². The number of nitrogens with one attached hydrogen (secondary N) is 1. The van der Waals surface area contributed by atoms with Gasteiger partial charge in [0, 0.05) is 6.07 Å². The molecule has 0 saturated heterocycles. The monoisotopic (exact) mass is 455 g/mol. The molecule has 1 rings (SSSR count). The first kappa shape index (κ1) is 24.7. The van der Waals surface area contributed by atoms with Crippen molar-refractivity contribution < 1.29 is 41.5 Å². The summed E-state index contributed by atoms with van der Waals surface area (Å²) in [5.74, 6) is -1.32. The first-order valence-electron chi connectivity index (χ1n) is 8.30. The number of nitrogens with zero attached hydrogens (tertiary/aromatic N) is 2. The Morgan fingerprint density at radius 1 is 1.24 bits per heavy atom. The van der Waals surface area contributed by atoms with Gasteiger partial charge in [-0.1, -0.05) is 32.6 Å². The van der Waals surface area contributed by atoms with Gasteiger partial charge in [0.1, 0.15) is 0 Å². The van der Waals surface area contributed by atoms with Crippen LogP contribution in [-0.4, -0.2) is 47.9 Å². The van der Waals surface area contributed by atoms with Gasteiger partial charge in [0.2, 0.25) is 0 Å². The van der Waals surface area contributed by atoms with Crippen molar-refractivity contribution in [2.75, 3.05) is 4.47 Å². The lowest BCUT2D eigenvalue weighted by Crippen LogP contribution is -2.45. The Kier molecular flexibility index (Phi) is 8.46. The summed E-state index contributed by atoms with van der Waals surface area (Å²) in [6.07, 6.45) is 2.21. The van der Waals surface area contributed by atoms with Crippen molar-refractivity contribution in [2.45, 2.75) is 49.2 Å². The van der Waals surface area contributed by atoms with Crippen LogP contribution in [0.1, 0.15) is 39.0 Å². The molecule has 0 heterocycles. The quantitative estimate of drug-likeness (QED) is 0.123. The smallest absolute Gasteiger partial charge is 0.289 e. The van der Waals surface area contributed by atoms with Gasteiger partial charge in [-0.2, -0.15) is 8.42 Å². The Hall–Kier alpha value is -2.33. The summed E-state index contributed by atoms with van der Waals surface area (Å²) < 4.78 is 56.3. The first-order chi connectivity index (χ1) is 13.4. The van der Waals surface area contributed by atoms with Crippen LogP contribution < -0.4 is 9.95 Å². The molecule has 29 heavy (non-hydrogen) atoms. The summed E-state index contributed by atoms with van der Waals surface area (Å²) in [7, 11) is -9.86. The third-order valence-corrected chi connectivity index (χ3v) is 6.72. The Bertz CT molecular complexity index is 962. The SMILES string of the molecule is CCCCCCC(C(=O)NO)S(=O)(=O)N(O)c1ccc(S(=O)(=O)O)c([N+](=O)[O-])c1. The van der Waals surface area contributed by atoms with E-state index in [1.165, 1.54) is 5.48 Å². The van der Waals surface area contributed by atoms with Gasteiger partial charge < -0.3 is 0 Å². The molecule has 4 N–H and O–H groups in total. The van der Waals surface area contributed by atoms with E-state index in [0.29, 0.717) is 24.6 Å². The van der Waals surface area contributed by atoms with Gasteiger partial charge in [-0.25, -0.2) is 13.9 Å². The molecule has 0 aliphatic carbocycles. The molecule has 0 aromatic heterocycles. The maximum Gasteiger partial charge on any atom is 0.301 e. The number of carbonyl (C=O) groups excluding carboxylic acids is 1. The predicted octanol–water partition coefficient (Wildman–Crippen LogP) is 1.21. The number of anilines is 1. The molecule has 0 radical (unpaired) electrons. The fourth-order valence-electron chi connectivity index (χ4n) is 2.50. The van der Waals surface area contributed by atoms with E-state index >= 15 is 0 Å². The van der Waals surface area contributed by atoms with Crippen molar-refractivity contribution in [1.29, 1.82) is 0 Å². The standard InChI is InChI=1S/C14H21N3O10S2/c1-2-3-4-5-6-13(14(18)15-19)28(23,24)17(22)10-7-8-12(29(25,26)27)11(9-10)16(20)21/h7-9,13,19,22H,2-6H2,1H3,(H,15,18)(H,25,26,27). The van der Waals surface area contributed by atoms with E-state index < -0.39 is 57.0 Å². The number of hydrogen-bond acceptors (Lipinski definition) is 9. The minimum absolute atomic E-state index is 0.253. The van der Waals surface area contributed by atoms with Crippen molar-refractivity contribution in [3.8, 4) is 0 Å². The van der Waals surface area contributed by atoms with Gasteiger partial charge in [0.15, 0.2) is 10.1 Å². The molecular formula is C14H21N3O10S2. The number of carbonyl (C=O) groups is 1. The van der Waals surface area contributed by atoms with Gasteiger partial charge in [-0.15, -0.1) is 4.47 Å². The molecule has 1 atom stereocenters. The maximum atomic E-state index is 12.6. The molecule has 13 nitrogen and oxygen atoms in total. The zero-order valence-electron chi connectivity index (χ0n) is 15.3. The average Bonchev–Trinajstić information content (AvgIpc) is 2.65. The number of unbranched alkanes of at least 4 members (excludes halogenated alkanes) is 3. The van der Waals surface area contributed by atoms with E-state index in [9.17, 15) is 37.0 Å². The van der Waals surface area contributed by atoms with Crippen LogP contribution in [0.25, 0.3) is 0 Å². The highest BCUT2D eigenvalue weighted by molar-refractivity contribution is 7.93. The van der Waals surface area contributed by atoms with E-state index in [1.54, 1.807) is 0 Å². The molecule has 0 aliphatic heterocycles. The fourth-order valence-corrected chi connectivity index (χ4v) is 4.57. The van der Waals surface area contributed by atoms with Crippen LogP contribution in [-0.2, 0) is 24.9 Å². The number of hydrogen-bond donors (Lipinski definition) is 4. The highest BCUT2D eigenvalue weighted by Crippen LogP contribution is 2.30. The number of sulfonamides is 1. The predicted molar refractivity (Wildman–Crippen MR) is 98.6 cm³/mol. The van der Waals surface area contributed by atoms with Crippen molar-refractivity contribution in [3.05, 3.63) is 28.3 Å². The Morgan fingerprint density at radius 3 is 2.34 bits per heavy atom. The van der Waals surface area contributed by atoms with Crippen LogP contribution in [0.15, 0.2) is 23.1 Å². The van der Waals surface area contributed by atoms with Crippen LogP contribution in [0.2, 0.25) is 0 Å². The van der Waals surface area contributed by atoms with E-state index in [4.69, 9.17) is 9.76 Å². The second kappa shape index (κ2) is 9.93. The number of nitro groups is 1. The van der Waals surface area contributed by atoms with Crippen LogP contribution in [0.3, 0.4) is 0 Å². The normalized spacial score (nSPS) is 13.0. The largest absolute Gasteiger partial charge is 0.301 e. The van der Waals surface area contributed by atoms with E-state index in [-0.39, 0.29) is 12.8 Å². The lowest BCUT2D eigenvalue weighted by atomic mass is 10.1. The molecule has 0 saturated carbocycles. The summed E-state index contributed by atoms with van der Waals surface area (Å²) in [5.41, 5.74) is -0.731. The van der Waals surface area contributed by atoms with Crippen LogP contribution >= 0.6 is 0 Å². The summed E-state index contributed by atoms with van der Waals surface area (Å²) in [6.45, 7) is 1.91. The molecule has 0 bridgehead atoms. The third-order valence-electron chi connectivity index (χ3n) is 3.96. The van der Waals surface area contributed by atoms with Gasteiger partial charge in [0.25, 0.3) is 21.6 Å². The number of hydroxylamine groups is 1. The molecule has 0 spiro atoms. The highest BCUT2D eigenvalue weighted by atomic mass is 32.2. The van der Waals surface area contributed by atoms with Crippen molar-refractivity contribution in [3.63, 3.8) is 0 Å². The Morgan fingerprint density at radius 2 is 1.86 bits per heavy atom. The van der Waals surface area contributed by atoms with Gasteiger partial charge in [0.05, 0.1) is 10.6 Å². The van der Waals surface area contributed by atoms with Gasteiger partial charge >= 0.3 is 10.1 Å². The van der Waals surface area contributed by atoms with Gasteiger partial charge in [-0.3, -0.25) is 29.9 Å². The number of benzene rings is 1. The zero-order valence-corrected chi connectivity index (χ0v) is 16.9. The number of rotatable bonds is 11. The second-order valence-corrected chi connectivity index (χ2v) is 9.32. The summed E-state index contributed by atoms with van der Waals surface area (Å²) >= 11 is 0. The van der Waals surface area contributed by atoms with Gasteiger partial charge in [-0.05, 0) is 18.6 Å². The third kappa shape index (κ3) is 6.07. The molecular weight excluding hydrogens is 434 g/mol. The van der Waals surface area contributed by atoms with Crippen molar-refractivity contribution in [2.24, 2.45) is 0 Å². The van der Waals surface area contributed by atoms with E-state index in [1.807, 2.05) is 6.92 Å². The molecule has 164 valence electrons. The summed E-state index contributed by atoms with van der Waals surface area (Å²) in [5, 5.41) is 28.1. The van der Waals surface area contributed by atoms with Crippen LogP contribution in [0, 0.1) is 10.1 Å². The molecule has 1 aromatic rings.